The van der Waals surface area contributed by atoms with Crippen LogP contribution in [0.15, 0.2) is 58.5 Å². The molecule has 5 aromatic rings. The van der Waals surface area contributed by atoms with Crippen LogP contribution < -0.4 is 16.7 Å². The number of nitrogens with one attached hydrogen (secondary N) is 1. The molecule has 188 valence electrons. The number of hydrogen-bond acceptors (Lipinski definition) is 6. The lowest BCUT2D eigenvalue weighted by Crippen LogP contribution is -2.42. The fourth-order valence-electron chi connectivity index (χ4n) is 3.86. The molecule has 0 radical (unpaired) electrons. The Morgan fingerprint density at radius 2 is 1.76 bits per heavy atom. The van der Waals surface area contributed by atoms with Crippen LogP contribution in [0.5, 0.6) is 0 Å². The average Bonchev–Trinajstić information content (AvgIpc) is 3.18. The highest BCUT2D eigenvalue weighted by Crippen LogP contribution is 2.29. The van der Waals surface area contributed by atoms with Gasteiger partial charge in [-0.25, -0.2) is 27.3 Å². The smallest absolute Gasteiger partial charge is 0.324 e. The molecule has 13 heteroatoms. The van der Waals surface area contributed by atoms with Gasteiger partial charge in [-0.3, -0.25) is 14.2 Å². The van der Waals surface area contributed by atoms with Crippen molar-refractivity contribution in [2.24, 2.45) is 7.05 Å². The molecule has 0 amide bonds. The van der Waals surface area contributed by atoms with Gasteiger partial charge < -0.3 is 5.32 Å². The van der Waals surface area contributed by atoms with Gasteiger partial charge in [-0.05, 0) is 36.8 Å². The maximum atomic E-state index is 14.5. The number of benzene rings is 2. The van der Waals surface area contributed by atoms with Gasteiger partial charge in [-0.15, -0.1) is 0 Å². The highest BCUT2D eigenvalue weighted by atomic mass is 35.5. The SMILES string of the molecule is Cc1cncc(-n2c(=O)nc(Nc3cc4cn(C)nc4cc3Cl)n(Cc3cc(F)c(F)cc3F)c2=O)c1. The summed E-state index contributed by atoms with van der Waals surface area (Å²) < 4.78 is 45.2. The quantitative estimate of drug-likeness (QED) is 0.349. The van der Waals surface area contributed by atoms with E-state index in [-0.39, 0.29) is 27.9 Å². The predicted octanol–water partition coefficient (Wildman–Crippen LogP) is 3.85. The highest BCUT2D eigenvalue weighted by Gasteiger charge is 2.19. The van der Waals surface area contributed by atoms with Crippen LogP contribution >= 0.6 is 11.6 Å². The van der Waals surface area contributed by atoms with Crippen molar-refractivity contribution in [1.82, 2.24) is 28.9 Å². The van der Waals surface area contributed by atoms with Crippen LogP contribution in [-0.2, 0) is 13.6 Å². The first-order valence-electron chi connectivity index (χ1n) is 10.8. The van der Waals surface area contributed by atoms with E-state index in [9.17, 15) is 22.8 Å². The summed E-state index contributed by atoms with van der Waals surface area (Å²) in [5.41, 5.74) is -0.521. The maximum Gasteiger partial charge on any atom is 0.359 e. The molecule has 3 heterocycles. The minimum atomic E-state index is -1.38. The molecule has 37 heavy (non-hydrogen) atoms. The largest absolute Gasteiger partial charge is 0.359 e. The molecule has 0 saturated heterocycles. The second-order valence-corrected chi connectivity index (χ2v) is 8.73. The molecule has 5 rings (SSSR count). The molecule has 2 aromatic carbocycles. The zero-order valence-electron chi connectivity index (χ0n) is 19.3. The Bertz CT molecular complexity index is 1810. The van der Waals surface area contributed by atoms with E-state index in [1.807, 2.05) is 0 Å². The monoisotopic (exact) mass is 527 g/mol. The third-order valence-corrected chi connectivity index (χ3v) is 5.87. The predicted molar refractivity (Wildman–Crippen MR) is 131 cm³/mol. The van der Waals surface area contributed by atoms with Gasteiger partial charge in [0.25, 0.3) is 0 Å². The maximum absolute atomic E-state index is 14.5. The van der Waals surface area contributed by atoms with E-state index in [0.29, 0.717) is 28.6 Å². The van der Waals surface area contributed by atoms with Crippen molar-refractivity contribution in [3.8, 4) is 5.69 Å². The average molecular weight is 528 g/mol. The van der Waals surface area contributed by atoms with Crippen molar-refractivity contribution in [3.05, 3.63) is 103 Å². The molecule has 0 aliphatic rings. The Hall–Kier alpha value is -4.45. The van der Waals surface area contributed by atoms with Crippen molar-refractivity contribution in [1.29, 1.82) is 0 Å². The number of anilines is 2. The molecule has 0 aliphatic heterocycles. The first-order valence-corrected chi connectivity index (χ1v) is 11.2. The number of aryl methyl sites for hydroxylation is 2. The molecule has 9 nitrogen and oxygen atoms in total. The van der Waals surface area contributed by atoms with Crippen LogP contribution in [0.3, 0.4) is 0 Å². The van der Waals surface area contributed by atoms with Crippen LogP contribution in [0.2, 0.25) is 5.02 Å². The lowest BCUT2D eigenvalue weighted by atomic mass is 10.2. The summed E-state index contributed by atoms with van der Waals surface area (Å²) in [6, 6.07) is 5.77. The topological polar surface area (TPSA) is 99.6 Å². The minimum Gasteiger partial charge on any atom is -0.324 e. The summed E-state index contributed by atoms with van der Waals surface area (Å²) in [4.78, 5) is 34.5. The van der Waals surface area contributed by atoms with Crippen molar-refractivity contribution in [2.45, 2.75) is 13.5 Å². The van der Waals surface area contributed by atoms with Gasteiger partial charge in [0.2, 0.25) is 5.95 Å². The fourth-order valence-corrected chi connectivity index (χ4v) is 4.06. The molecule has 0 fully saturated rings. The Labute approximate surface area is 211 Å². The van der Waals surface area contributed by atoms with Gasteiger partial charge in [-0.2, -0.15) is 10.1 Å². The normalized spacial score (nSPS) is 11.3. The number of hydrogen-bond donors (Lipinski definition) is 1. The molecule has 0 atom stereocenters. The van der Waals surface area contributed by atoms with Crippen LogP contribution in [-0.4, -0.2) is 28.9 Å². The minimum absolute atomic E-state index is 0.128. The summed E-state index contributed by atoms with van der Waals surface area (Å²) in [6.07, 6.45) is 4.56. The Morgan fingerprint density at radius 3 is 2.51 bits per heavy atom. The fraction of sp³-hybridized carbons (Fsp3) is 0.125. The van der Waals surface area contributed by atoms with E-state index in [2.05, 4.69) is 20.4 Å². The summed E-state index contributed by atoms with van der Waals surface area (Å²) >= 11 is 6.39. The summed E-state index contributed by atoms with van der Waals surface area (Å²) in [7, 11) is 1.73. The van der Waals surface area contributed by atoms with E-state index in [1.165, 1.54) is 12.4 Å². The number of pyridine rings is 1. The van der Waals surface area contributed by atoms with Gasteiger partial charge in [0.05, 0.1) is 34.7 Å². The van der Waals surface area contributed by atoms with Gasteiger partial charge in [0.1, 0.15) is 5.82 Å². The van der Waals surface area contributed by atoms with E-state index >= 15 is 0 Å². The number of rotatable bonds is 5. The molecule has 0 unspecified atom stereocenters. The van der Waals surface area contributed by atoms with Gasteiger partial charge in [0.15, 0.2) is 11.6 Å². The number of halogens is 4. The summed E-state index contributed by atoms with van der Waals surface area (Å²) in [5, 5.41) is 8.02. The molecule has 1 N–H and O–H groups in total. The Kier molecular flexibility index (Phi) is 6.04. The highest BCUT2D eigenvalue weighted by molar-refractivity contribution is 6.34. The third-order valence-electron chi connectivity index (χ3n) is 5.56. The van der Waals surface area contributed by atoms with Gasteiger partial charge >= 0.3 is 11.4 Å². The van der Waals surface area contributed by atoms with Crippen LogP contribution in [0.25, 0.3) is 16.6 Å². The zero-order valence-corrected chi connectivity index (χ0v) is 20.1. The Morgan fingerprint density at radius 1 is 1.00 bits per heavy atom. The van der Waals surface area contributed by atoms with Gasteiger partial charge in [0, 0.05) is 36.5 Å². The molecular weight excluding hydrogens is 511 g/mol. The lowest BCUT2D eigenvalue weighted by Gasteiger charge is -2.17. The van der Waals surface area contributed by atoms with E-state index in [0.717, 1.165) is 9.13 Å². The molecule has 0 bridgehead atoms. The Balaban J connectivity index is 1.70. The first kappa shape index (κ1) is 24.3. The van der Waals surface area contributed by atoms with Crippen LogP contribution in [0.1, 0.15) is 11.1 Å². The van der Waals surface area contributed by atoms with Crippen LogP contribution in [0, 0.1) is 24.4 Å². The summed E-state index contributed by atoms with van der Waals surface area (Å²) in [6.45, 7) is 1.14. The number of fused-ring (bicyclic) bond motifs is 1. The van der Waals surface area contributed by atoms with Crippen molar-refractivity contribution >= 4 is 34.1 Å². The zero-order chi connectivity index (χ0) is 26.4. The van der Waals surface area contributed by atoms with E-state index in [4.69, 9.17) is 11.6 Å². The van der Waals surface area contributed by atoms with Crippen molar-refractivity contribution < 1.29 is 13.2 Å². The molecular formula is C24H17ClF3N7O2. The first-order chi connectivity index (χ1) is 17.6. The number of nitrogens with zero attached hydrogens (tertiary/aromatic N) is 6. The van der Waals surface area contributed by atoms with Crippen molar-refractivity contribution in [3.63, 3.8) is 0 Å². The summed E-state index contributed by atoms with van der Waals surface area (Å²) in [5.74, 6) is -4.05. The van der Waals surface area contributed by atoms with Crippen molar-refractivity contribution in [2.75, 3.05) is 5.32 Å². The second kappa shape index (κ2) is 9.21. The van der Waals surface area contributed by atoms with E-state index in [1.54, 1.807) is 43.0 Å². The van der Waals surface area contributed by atoms with E-state index < -0.39 is 35.4 Å². The second-order valence-electron chi connectivity index (χ2n) is 8.32. The molecule has 0 spiro atoms. The molecule has 3 aromatic heterocycles. The van der Waals surface area contributed by atoms with Crippen LogP contribution in [0.4, 0.5) is 24.8 Å². The van der Waals surface area contributed by atoms with Gasteiger partial charge in [-0.1, -0.05) is 11.6 Å². The standard InChI is InChI=1S/C24H17ClF3N7O2/c1-12-3-15(9-29-8-12)35-23(36)31-22(30-21-5-14-10-33(2)32-20(14)6-16(21)25)34(24(35)37)11-13-4-18(27)19(28)7-17(13)26/h3-10H,11H2,1-2H3,(H,30,31,36). The molecule has 0 aliphatic carbocycles. The lowest BCUT2D eigenvalue weighted by molar-refractivity contribution is 0.487. The molecule has 0 saturated carbocycles. The number of aromatic nitrogens is 6. The third kappa shape index (κ3) is 4.58.